The van der Waals surface area contributed by atoms with Gasteiger partial charge in [-0.2, -0.15) is 0 Å². The third-order valence-corrected chi connectivity index (χ3v) is 5.00. The molecule has 0 aliphatic carbocycles. The fraction of sp³-hybridized carbons (Fsp3) is 0.818. The first kappa shape index (κ1) is 12.7. The van der Waals surface area contributed by atoms with Crippen LogP contribution >= 0.6 is 11.8 Å². The number of aliphatic carboxylic acids is 1. The maximum absolute atomic E-state index is 12.4. The number of nitrogens with zero attached hydrogens (tertiary/aromatic N) is 1. The van der Waals surface area contributed by atoms with E-state index in [9.17, 15) is 14.7 Å². The number of β-amino-alcohol motifs (C(OH)–C–C–N with tert-alkyl or cyclic N) is 1. The van der Waals surface area contributed by atoms with Gasteiger partial charge in [-0.3, -0.25) is 4.79 Å². The van der Waals surface area contributed by atoms with Gasteiger partial charge < -0.3 is 15.1 Å². The molecule has 3 atom stereocenters. The molecule has 1 amide bonds. The number of carboxylic acid groups (broad SMARTS) is 1. The van der Waals surface area contributed by atoms with Crippen LogP contribution in [0.5, 0.6) is 0 Å². The topological polar surface area (TPSA) is 77.8 Å². The van der Waals surface area contributed by atoms with Gasteiger partial charge in [0.05, 0.1) is 10.9 Å². The highest BCUT2D eigenvalue weighted by atomic mass is 32.2. The van der Waals surface area contributed by atoms with Gasteiger partial charge in [-0.1, -0.05) is 0 Å². The van der Waals surface area contributed by atoms with Gasteiger partial charge in [0.25, 0.3) is 0 Å². The Morgan fingerprint density at radius 2 is 2.18 bits per heavy atom. The Kier molecular flexibility index (Phi) is 3.36. The number of aliphatic hydroxyl groups excluding tert-OH is 1. The van der Waals surface area contributed by atoms with Gasteiger partial charge in [-0.25, -0.2) is 4.79 Å². The molecule has 2 aliphatic rings. The summed E-state index contributed by atoms with van der Waals surface area (Å²) in [6, 6.07) is -0.865. The summed E-state index contributed by atoms with van der Waals surface area (Å²) >= 11 is 1.59. The summed E-state index contributed by atoms with van der Waals surface area (Å²) < 4.78 is -0.502. The minimum absolute atomic E-state index is 0.135. The van der Waals surface area contributed by atoms with Crippen molar-refractivity contribution in [2.45, 2.75) is 43.1 Å². The average Bonchev–Trinajstić information content (AvgIpc) is 2.84. The van der Waals surface area contributed by atoms with Crippen molar-refractivity contribution in [1.29, 1.82) is 0 Å². The second-order valence-electron chi connectivity index (χ2n) is 4.88. The summed E-state index contributed by atoms with van der Waals surface area (Å²) in [5, 5.41) is 18.6. The lowest BCUT2D eigenvalue weighted by atomic mass is 10.0. The van der Waals surface area contributed by atoms with Crippen LogP contribution in [0.2, 0.25) is 0 Å². The van der Waals surface area contributed by atoms with Crippen LogP contribution in [0.4, 0.5) is 0 Å². The average molecular weight is 259 g/mol. The number of hydrogen-bond acceptors (Lipinski definition) is 4. The van der Waals surface area contributed by atoms with Crippen molar-refractivity contribution in [2.24, 2.45) is 0 Å². The van der Waals surface area contributed by atoms with Crippen LogP contribution in [0.1, 0.15) is 26.2 Å². The molecule has 2 N–H and O–H groups in total. The zero-order valence-corrected chi connectivity index (χ0v) is 10.6. The minimum Gasteiger partial charge on any atom is -0.480 e. The molecule has 2 aliphatic heterocycles. The normalized spacial score (nSPS) is 37.4. The molecular weight excluding hydrogens is 242 g/mol. The number of carboxylic acids is 1. The molecule has 0 bridgehead atoms. The second kappa shape index (κ2) is 4.49. The maximum Gasteiger partial charge on any atom is 0.326 e. The Balaban J connectivity index is 2.15. The van der Waals surface area contributed by atoms with Crippen LogP contribution in [0.25, 0.3) is 0 Å². The molecule has 0 aromatic rings. The largest absolute Gasteiger partial charge is 0.480 e. The van der Waals surface area contributed by atoms with Crippen LogP contribution in [-0.4, -0.2) is 56.2 Å². The van der Waals surface area contributed by atoms with E-state index in [4.69, 9.17) is 5.11 Å². The summed E-state index contributed by atoms with van der Waals surface area (Å²) in [4.78, 5) is 24.8. The summed E-state index contributed by atoms with van der Waals surface area (Å²) in [7, 11) is 0. The minimum atomic E-state index is -1.03. The molecule has 2 unspecified atom stereocenters. The number of amides is 1. The van der Waals surface area contributed by atoms with Crippen LogP contribution in [0, 0.1) is 0 Å². The van der Waals surface area contributed by atoms with Gasteiger partial charge in [-0.05, 0) is 25.5 Å². The van der Waals surface area contributed by atoms with Gasteiger partial charge in [0.15, 0.2) is 0 Å². The first-order valence-electron chi connectivity index (χ1n) is 5.80. The van der Waals surface area contributed by atoms with Crippen LogP contribution in [-0.2, 0) is 9.59 Å². The van der Waals surface area contributed by atoms with Crippen molar-refractivity contribution in [3.63, 3.8) is 0 Å². The van der Waals surface area contributed by atoms with Crippen molar-refractivity contribution in [2.75, 3.05) is 12.3 Å². The Labute approximate surface area is 104 Å². The fourth-order valence-electron chi connectivity index (χ4n) is 2.52. The highest BCUT2D eigenvalue weighted by Gasteiger charge is 2.47. The van der Waals surface area contributed by atoms with E-state index in [1.54, 1.807) is 11.8 Å². The van der Waals surface area contributed by atoms with E-state index in [0.717, 1.165) is 18.6 Å². The van der Waals surface area contributed by atoms with Gasteiger partial charge in [-0.15, -0.1) is 11.8 Å². The van der Waals surface area contributed by atoms with Crippen LogP contribution < -0.4 is 0 Å². The number of likely N-dealkylation sites (tertiary alicyclic amines) is 1. The lowest BCUT2D eigenvalue weighted by Gasteiger charge is -2.30. The van der Waals surface area contributed by atoms with E-state index < -0.39 is 22.9 Å². The maximum atomic E-state index is 12.4. The zero-order valence-electron chi connectivity index (χ0n) is 9.76. The number of hydrogen-bond donors (Lipinski definition) is 2. The predicted molar refractivity (Wildman–Crippen MR) is 63.9 cm³/mol. The van der Waals surface area contributed by atoms with Crippen LogP contribution in [0.3, 0.4) is 0 Å². The van der Waals surface area contributed by atoms with Gasteiger partial charge >= 0.3 is 5.97 Å². The highest BCUT2D eigenvalue weighted by molar-refractivity contribution is 8.01. The first-order valence-corrected chi connectivity index (χ1v) is 6.78. The summed E-state index contributed by atoms with van der Waals surface area (Å²) in [6.45, 7) is 2.02. The predicted octanol–water partition coefficient (Wildman–Crippen LogP) is 0.318. The van der Waals surface area contributed by atoms with E-state index in [1.807, 2.05) is 6.92 Å². The van der Waals surface area contributed by atoms with Crippen molar-refractivity contribution < 1.29 is 19.8 Å². The molecule has 0 saturated carbocycles. The molecular formula is C11H17NO4S. The van der Waals surface area contributed by atoms with E-state index in [2.05, 4.69) is 0 Å². The van der Waals surface area contributed by atoms with Crippen molar-refractivity contribution >= 4 is 23.6 Å². The first-order chi connectivity index (χ1) is 7.94. The van der Waals surface area contributed by atoms with E-state index >= 15 is 0 Å². The Bertz CT molecular complexity index is 340. The van der Waals surface area contributed by atoms with Gasteiger partial charge in [0.2, 0.25) is 5.91 Å². The molecule has 2 heterocycles. The quantitative estimate of drug-likeness (QED) is 0.746. The Morgan fingerprint density at radius 3 is 2.71 bits per heavy atom. The number of aliphatic hydroxyl groups is 1. The molecule has 0 aromatic carbocycles. The van der Waals surface area contributed by atoms with E-state index in [1.165, 1.54) is 4.90 Å². The highest BCUT2D eigenvalue weighted by Crippen LogP contribution is 2.40. The number of thioether (sulfide) groups is 1. The SMILES string of the molecule is CC1(C(=O)N2CC(O)C[C@H]2C(=O)O)CCCS1. The smallest absolute Gasteiger partial charge is 0.326 e. The summed E-state index contributed by atoms with van der Waals surface area (Å²) in [5.74, 6) is -0.221. The van der Waals surface area contributed by atoms with E-state index in [-0.39, 0.29) is 18.9 Å². The number of rotatable bonds is 2. The fourth-order valence-corrected chi connectivity index (χ4v) is 3.79. The molecule has 6 heteroatoms. The standard InChI is InChI=1S/C11H17NO4S/c1-11(3-2-4-17-11)10(16)12-6-7(13)5-8(12)9(14)15/h7-8,13H,2-6H2,1H3,(H,14,15)/t7?,8-,11?/m0/s1. The Morgan fingerprint density at radius 1 is 1.47 bits per heavy atom. The summed E-state index contributed by atoms with van der Waals surface area (Å²) in [6.07, 6.45) is 1.20. The van der Waals surface area contributed by atoms with E-state index in [0.29, 0.717) is 0 Å². The van der Waals surface area contributed by atoms with Crippen molar-refractivity contribution in [3.05, 3.63) is 0 Å². The molecule has 0 spiro atoms. The molecule has 2 fully saturated rings. The summed E-state index contributed by atoms with van der Waals surface area (Å²) in [5.41, 5.74) is 0. The van der Waals surface area contributed by atoms with Crippen molar-refractivity contribution in [1.82, 2.24) is 4.90 Å². The third kappa shape index (κ3) is 2.28. The Hall–Kier alpha value is -0.750. The van der Waals surface area contributed by atoms with Gasteiger partial charge in [0.1, 0.15) is 6.04 Å². The molecule has 2 rings (SSSR count). The lowest BCUT2D eigenvalue weighted by molar-refractivity contribution is -0.149. The molecule has 96 valence electrons. The lowest BCUT2D eigenvalue weighted by Crippen LogP contribution is -2.48. The van der Waals surface area contributed by atoms with Crippen LogP contribution in [0.15, 0.2) is 0 Å². The second-order valence-corrected chi connectivity index (χ2v) is 6.48. The molecule has 0 radical (unpaired) electrons. The third-order valence-electron chi connectivity index (χ3n) is 3.50. The van der Waals surface area contributed by atoms with Gasteiger partial charge in [0, 0.05) is 13.0 Å². The number of carbonyl (C=O) groups excluding carboxylic acids is 1. The molecule has 17 heavy (non-hydrogen) atoms. The van der Waals surface area contributed by atoms with Crippen molar-refractivity contribution in [3.8, 4) is 0 Å². The molecule has 5 nitrogen and oxygen atoms in total. The number of carbonyl (C=O) groups is 2. The molecule has 2 saturated heterocycles. The monoisotopic (exact) mass is 259 g/mol. The molecule has 0 aromatic heterocycles. The zero-order chi connectivity index (χ0) is 12.6.